The van der Waals surface area contributed by atoms with E-state index in [0.717, 1.165) is 12.8 Å². The van der Waals surface area contributed by atoms with Gasteiger partial charge in [-0.2, -0.15) is 0 Å². The van der Waals surface area contributed by atoms with E-state index in [-0.39, 0.29) is 51.1 Å². The molecule has 2 atom stereocenters. The summed E-state index contributed by atoms with van der Waals surface area (Å²) in [5.74, 6) is -2.05. The van der Waals surface area contributed by atoms with Crippen LogP contribution < -0.4 is 9.47 Å². The van der Waals surface area contributed by atoms with Gasteiger partial charge >= 0.3 is 0 Å². The number of carbonyl (C=O) groups is 2. The minimum atomic E-state index is -0.972. The van der Waals surface area contributed by atoms with Crippen molar-refractivity contribution in [3.05, 3.63) is 57.1 Å². The van der Waals surface area contributed by atoms with Crippen LogP contribution in [-0.4, -0.2) is 60.3 Å². The number of nitrogens with zero attached hydrogens (tertiary/aromatic N) is 1. The average molecular weight is 508 g/mol. The number of carbonyl (C=O) groups excluding carboxylic acids is 2. The molecule has 8 nitrogen and oxygen atoms in total. The van der Waals surface area contributed by atoms with E-state index in [2.05, 4.69) is 0 Å². The largest absolute Gasteiger partial charge is 0.508 e. The molecule has 0 radical (unpaired) electrons. The summed E-state index contributed by atoms with van der Waals surface area (Å²) < 4.78 is 16.3. The Morgan fingerprint density at radius 3 is 2.53 bits per heavy atom. The lowest BCUT2D eigenvalue weighted by Gasteiger charge is -2.27. The van der Waals surface area contributed by atoms with Crippen molar-refractivity contribution in [3.63, 3.8) is 0 Å². The Hall–Kier alpha value is -2.94. The molecule has 2 unspecified atom stereocenters. The molecule has 180 valence electrons. The number of hydrogen-bond acceptors (Lipinski definition) is 7. The highest BCUT2D eigenvalue weighted by atomic mass is 35.5. The molecule has 1 amide bonds. The number of phenolic OH excluding ortho intramolecular Hbond substituents is 1. The second-order valence-corrected chi connectivity index (χ2v) is 8.75. The van der Waals surface area contributed by atoms with Gasteiger partial charge in [0.25, 0.3) is 11.7 Å². The Kier molecular flexibility index (Phi) is 6.93. The van der Waals surface area contributed by atoms with Crippen LogP contribution in [0.5, 0.6) is 17.2 Å². The maximum atomic E-state index is 13.2. The maximum Gasteiger partial charge on any atom is 0.295 e. The summed E-state index contributed by atoms with van der Waals surface area (Å²) in [6, 6.07) is 6.56. The fourth-order valence-electron chi connectivity index (χ4n) is 4.41. The molecule has 0 bridgehead atoms. The van der Waals surface area contributed by atoms with Crippen molar-refractivity contribution in [2.75, 3.05) is 27.4 Å². The number of aliphatic hydroxyl groups excluding tert-OH is 1. The number of Topliss-reactive ketones (excluding diaryl/α,β-unsaturated/α-hetero) is 1. The summed E-state index contributed by atoms with van der Waals surface area (Å²) >= 11 is 12.7. The summed E-state index contributed by atoms with van der Waals surface area (Å²) in [4.78, 5) is 27.7. The van der Waals surface area contributed by atoms with Crippen LogP contribution >= 0.6 is 23.2 Å². The lowest BCUT2D eigenvalue weighted by Crippen LogP contribution is -2.36. The minimum absolute atomic E-state index is 0.00143. The maximum absolute atomic E-state index is 13.2. The first kappa shape index (κ1) is 24.2. The zero-order valence-electron chi connectivity index (χ0n) is 18.5. The zero-order chi connectivity index (χ0) is 24.6. The van der Waals surface area contributed by atoms with E-state index >= 15 is 0 Å². The second kappa shape index (κ2) is 9.74. The van der Waals surface area contributed by atoms with Gasteiger partial charge in [0.1, 0.15) is 16.5 Å². The lowest BCUT2D eigenvalue weighted by atomic mass is 9.94. The molecule has 0 saturated carbocycles. The zero-order valence-corrected chi connectivity index (χ0v) is 20.0. The van der Waals surface area contributed by atoms with Gasteiger partial charge in [0.2, 0.25) is 0 Å². The highest BCUT2D eigenvalue weighted by Crippen LogP contribution is 2.47. The van der Waals surface area contributed by atoms with E-state index < -0.39 is 23.5 Å². The summed E-state index contributed by atoms with van der Waals surface area (Å²) in [6.07, 6.45) is 1.36. The van der Waals surface area contributed by atoms with Crippen molar-refractivity contribution in [1.29, 1.82) is 0 Å². The summed E-state index contributed by atoms with van der Waals surface area (Å²) in [5, 5.41) is 21.5. The van der Waals surface area contributed by atoms with Gasteiger partial charge in [-0.1, -0.05) is 35.3 Å². The monoisotopic (exact) mass is 507 g/mol. The fourth-order valence-corrected chi connectivity index (χ4v) is 5.10. The molecular weight excluding hydrogens is 485 g/mol. The van der Waals surface area contributed by atoms with Gasteiger partial charge in [0, 0.05) is 13.2 Å². The Morgan fingerprint density at radius 1 is 1.18 bits per heavy atom. The van der Waals surface area contributed by atoms with Crippen LogP contribution in [0.15, 0.2) is 35.9 Å². The van der Waals surface area contributed by atoms with E-state index in [0.29, 0.717) is 12.2 Å². The van der Waals surface area contributed by atoms with Crippen LogP contribution in [0.1, 0.15) is 30.0 Å². The molecule has 2 heterocycles. The molecule has 2 aliphatic rings. The quantitative estimate of drug-likeness (QED) is 0.340. The van der Waals surface area contributed by atoms with Crippen LogP contribution in [0, 0.1) is 0 Å². The number of likely N-dealkylation sites (tertiary alicyclic amines) is 1. The molecule has 0 aliphatic carbocycles. The number of amides is 1. The first-order valence-corrected chi connectivity index (χ1v) is 11.3. The van der Waals surface area contributed by atoms with Gasteiger partial charge in [-0.25, -0.2) is 0 Å². The molecule has 2 N–H and O–H groups in total. The predicted molar refractivity (Wildman–Crippen MR) is 126 cm³/mol. The molecule has 2 fully saturated rings. The molecule has 4 rings (SSSR count). The topological polar surface area (TPSA) is 106 Å². The third-order valence-electron chi connectivity index (χ3n) is 5.94. The van der Waals surface area contributed by atoms with Crippen LogP contribution in [0.4, 0.5) is 0 Å². The summed E-state index contributed by atoms with van der Waals surface area (Å²) in [5.41, 5.74) is 0.297. The number of aliphatic hydroxyl groups is 1. The standard InChI is InChI=1S/C24H23Cl2NO7/c1-32-22-15(10-16(25)23(33-2)18(22)26)20(29)17-19(12-5-3-6-13(28)9-12)27(24(31)21(17)30)11-14-7-4-8-34-14/h3,5-6,9-10,14,19,28-29H,4,7-8,11H2,1-2H3/b20-17+. The summed E-state index contributed by atoms with van der Waals surface area (Å²) in [7, 11) is 2.72. The van der Waals surface area contributed by atoms with Gasteiger partial charge in [0.05, 0.1) is 42.5 Å². The van der Waals surface area contributed by atoms with E-state index in [1.165, 1.54) is 37.3 Å². The van der Waals surface area contributed by atoms with Gasteiger partial charge in [-0.3, -0.25) is 9.59 Å². The second-order valence-electron chi connectivity index (χ2n) is 7.97. The normalized spacial score (nSPS) is 21.8. The Morgan fingerprint density at radius 2 is 1.91 bits per heavy atom. The number of ether oxygens (including phenoxy) is 3. The number of methoxy groups -OCH3 is 2. The molecule has 2 saturated heterocycles. The third kappa shape index (κ3) is 4.17. The molecule has 0 aromatic heterocycles. The van der Waals surface area contributed by atoms with E-state index in [1.807, 2.05) is 0 Å². The van der Waals surface area contributed by atoms with Gasteiger partial charge < -0.3 is 29.3 Å². The Balaban J connectivity index is 1.92. The molecule has 2 aromatic rings. The molecule has 0 spiro atoms. The third-order valence-corrected chi connectivity index (χ3v) is 6.57. The number of ketones is 1. The molecule has 34 heavy (non-hydrogen) atoms. The first-order chi connectivity index (χ1) is 16.3. The molecule has 2 aliphatic heterocycles. The number of hydrogen-bond donors (Lipinski definition) is 2. The smallest absolute Gasteiger partial charge is 0.295 e. The Bertz CT molecular complexity index is 1170. The van der Waals surface area contributed by atoms with E-state index in [4.69, 9.17) is 37.4 Å². The van der Waals surface area contributed by atoms with Gasteiger partial charge in [-0.15, -0.1) is 0 Å². The highest BCUT2D eigenvalue weighted by Gasteiger charge is 2.47. The SMILES string of the molecule is COc1c(Cl)cc(/C(O)=C2\C(=O)C(=O)N(CC3CCCO3)C2c2cccc(O)c2)c(OC)c1Cl. The first-order valence-electron chi connectivity index (χ1n) is 10.6. The van der Waals surface area contributed by atoms with Crippen LogP contribution in [0.25, 0.3) is 5.76 Å². The van der Waals surface area contributed by atoms with Crippen LogP contribution in [-0.2, 0) is 14.3 Å². The van der Waals surface area contributed by atoms with Crippen molar-refractivity contribution >= 4 is 40.7 Å². The average Bonchev–Trinajstić information content (AvgIpc) is 3.41. The number of benzene rings is 2. The van der Waals surface area contributed by atoms with Gasteiger partial charge in [-0.05, 0) is 36.6 Å². The number of aromatic hydroxyl groups is 1. The molecule has 2 aromatic carbocycles. The number of halogens is 2. The highest BCUT2D eigenvalue weighted by molar-refractivity contribution is 6.47. The predicted octanol–water partition coefficient (Wildman–Crippen LogP) is 4.32. The summed E-state index contributed by atoms with van der Waals surface area (Å²) in [6.45, 7) is 0.731. The van der Waals surface area contributed by atoms with Crippen molar-refractivity contribution in [3.8, 4) is 17.2 Å². The fraction of sp³-hybridized carbons (Fsp3) is 0.333. The van der Waals surface area contributed by atoms with Crippen LogP contribution in [0.2, 0.25) is 10.0 Å². The molecule has 10 heteroatoms. The van der Waals surface area contributed by atoms with Gasteiger partial charge in [0.15, 0.2) is 11.5 Å². The van der Waals surface area contributed by atoms with Crippen molar-refractivity contribution < 1.29 is 34.0 Å². The molecular formula is C24H23Cl2NO7. The Labute approximate surface area is 206 Å². The van der Waals surface area contributed by atoms with E-state index in [9.17, 15) is 19.8 Å². The van der Waals surface area contributed by atoms with Crippen molar-refractivity contribution in [2.24, 2.45) is 0 Å². The van der Waals surface area contributed by atoms with Crippen LogP contribution in [0.3, 0.4) is 0 Å². The number of phenols is 1. The minimum Gasteiger partial charge on any atom is -0.508 e. The lowest BCUT2D eigenvalue weighted by molar-refractivity contribution is -0.140. The number of rotatable bonds is 6. The van der Waals surface area contributed by atoms with Crippen molar-refractivity contribution in [1.82, 2.24) is 4.90 Å². The van der Waals surface area contributed by atoms with E-state index in [1.54, 1.807) is 12.1 Å². The van der Waals surface area contributed by atoms with Crippen molar-refractivity contribution in [2.45, 2.75) is 25.0 Å².